The molecule has 0 aromatic carbocycles. The van der Waals surface area contributed by atoms with E-state index in [1.807, 2.05) is 0 Å². The van der Waals surface area contributed by atoms with Crippen LogP contribution >= 0.6 is 0 Å². The molecule has 0 fully saturated rings. The maximum atomic E-state index is 10.9. The zero-order valence-electron chi connectivity index (χ0n) is 10.1. The number of carbonyl (C=O) groups excluding carboxylic acids is 2. The van der Waals surface area contributed by atoms with Gasteiger partial charge in [0.1, 0.15) is 0 Å². The van der Waals surface area contributed by atoms with Crippen molar-refractivity contribution in [1.29, 1.82) is 0 Å². The summed E-state index contributed by atoms with van der Waals surface area (Å²) in [4.78, 5) is 21.7. The van der Waals surface area contributed by atoms with Crippen LogP contribution in [0.25, 0.3) is 0 Å². The quantitative estimate of drug-likeness (QED) is 0.206. The van der Waals surface area contributed by atoms with Crippen LogP contribution in [0.5, 0.6) is 0 Å². The Morgan fingerprint density at radius 2 is 1.22 bits per heavy atom. The van der Waals surface area contributed by atoms with E-state index in [2.05, 4.69) is 23.3 Å². The van der Waals surface area contributed by atoms with Gasteiger partial charge in [-0.3, -0.25) is 0 Å². The third kappa shape index (κ3) is 12.6. The van der Waals surface area contributed by atoms with Crippen LogP contribution in [0.3, 0.4) is 0 Å². The first-order chi connectivity index (χ1) is 7.41. The van der Waals surface area contributed by atoms with E-state index in [1.54, 1.807) is 0 Å². The topological polar surface area (TPSA) is 93.1 Å². The Morgan fingerprint density at radius 1 is 0.944 bits per heavy atom. The van der Waals surface area contributed by atoms with E-state index in [0.29, 0.717) is 0 Å². The molecule has 0 radical (unpaired) electrons. The number of carbonyl (C=O) groups is 2. The summed E-state index contributed by atoms with van der Waals surface area (Å²) in [6.45, 7) is 5.86. The van der Waals surface area contributed by atoms with Gasteiger partial charge in [0.05, 0.1) is 13.2 Å². The van der Waals surface area contributed by atoms with Crippen molar-refractivity contribution in [2.24, 2.45) is 0 Å². The first kappa shape index (κ1) is 20.1. The molecular weight excluding hydrogens is 750 g/mol. The SMILES string of the molecule is [CH2-]C(O)COC(=O)/C=C/C(=O)OCC([CH2-])O.[Rf].[Rf]. The van der Waals surface area contributed by atoms with Crippen molar-refractivity contribution in [3.05, 3.63) is 26.0 Å². The van der Waals surface area contributed by atoms with Crippen LogP contribution in [0, 0.1) is 13.8 Å². The summed E-state index contributed by atoms with van der Waals surface area (Å²) in [7, 11) is 0. The average molecular weight is 764 g/mol. The fraction of sp³-hybridized carbons (Fsp3) is 0.400. The number of hydrogen-bond donors (Lipinski definition) is 2. The van der Waals surface area contributed by atoms with Crippen LogP contribution in [0.15, 0.2) is 12.2 Å². The van der Waals surface area contributed by atoms with Crippen LogP contribution in [0.4, 0.5) is 0 Å². The van der Waals surface area contributed by atoms with Crippen molar-refractivity contribution in [3.8, 4) is 0 Å². The molecule has 0 aromatic heterocycles. The molecule has 18 heavy (non-hydrogen) atoms. The molecule has 0 bridgehead atoms. The summed E-state index contributed by atoms with van der Waals surface area (Å²) in [5, 5.41) is 17.4. The molecule has 0 amide bonds. The first-order valence-electron chi connectivity index (χ1n) is 4.45. The molecule has 0 saturated carbocycles. The van der Waals surface area contributed by atoms with Gasteiger partial charge in [-0.05, 0) is 12.2 Å². The summed E-state index contributed by atoms with van der Waals surface area (Å²) in [5.74, 6) is -1.59. The second-order valence-corrected chi connectivity index (χ2v) is 2.90. The fourth-order valence-corrected chi connectivity index (χ4v) is 0.589. The summed E-state index contributed by atoms with van der Waals surface area (Å²) >= 11 is 0. The van der Waals surface area contributed by atoms with Gasteiger partial charge in [0.25, 0.3) is 0 Å². The zero-order valence-corrected chi connectivity index (χ0v) is 22.9. The first-order valence-corrected chi connectivity index (χ1v) is 4.45. The molecule has 0 heterocycles. The van der Waals surface area contributed by atoms with Crippen molar-refractivity contribution in [2.75, 3.05) is 13.2 Å². The molecule has 0 rings (SSSR count). The van der Waals surface area contributed by atoms with Crippen molar-refractivity contribution in [1.82, 2.24) is 0 Å². The number of esters is 2. The Bertz CT molecular complexity index is 239. The van der Waals surface area contributed by atoms with Crippen molar-refractivity contribution < 1.29 is 29.3 Å². The molecule has 96 valence electrons. The summed E-state index contributed by atoms with van der Waals surface area (Å²) in [6.07, 6.45) is -0.323. The molecule has 0 spiro atoms. The third-order valence-electron chi connectivity index (χ3n) is 1.19. The molecule has 0 aromatic rings. The van der Waals surface area contributed by atoms with Crippen LogP contribution in [-0.2, 0) is 19.1 Å². The third-order valence-corrected chi connectivity index (χ3v) is 1.19. The normalized spacial score (nSPS) is 12.9. The van der Waals surface area contributed by atoms with Crippen LogP contribution in [-0.4, -0.2) is 47.6 Å². The van der Waals surface area contributed by atoms with E-state index in [-0.39, 0.29) is 13.2 Å². The van der Waals surface area contributed by atoms with Gasteiger partial charge < -0.3 is 33.5 Å². The molecule has 2 unspecified atom stereocenters. The smallest absolute Gasteiger partial charge is 0.331 e. The molecular formula is C10H14O6Rf2-2. The molecule has 2 atom stereocenters. The predicted molar refractivity (Wildman–Crippen MR) is 53.8 cm³/mol. The minimum absolute atomic E-state index is 0. The fourth-order valence-electron chi connectivity index (χ4n) is 0.589. The van der Waals surface area contributed by atoms with E-state index in [4.69, 9.17) is 10.2 Å². The van der Waals surface area contributed by atoms with Crippen LogP contribution < -0.4 is 0 Å². The molecule has 0 aliphatic carbocycles. The molecule has 0 aliphatic heterocycles. The summed E-state index contributed by atoms with van der Waals surface area (Å²) in [6, 6.07) is 0. The number of ether oxygens (including phenoxy) is 2. The Balaban J connectivity index is -0.00000112. The van der Waals surface area contributed by atoms with Gasteiger partial charge in [-0.1, -0.05) is 0 Å². The van der Waals surface area contributed by atoms with Crippen LogP contribution in [0.1, 0.15) is 0 Å². The van der Waals surface area contributed by atoms with Gasteiger partial charge >= 0.3 is 11.9 Å². The summed E-state index contributed by atoms with van der Waals surface area (Å²) in [5.41, 5.74) is 0. The van der Waals surface area contributed by atoms with E-state index in [9.17, 15) is 9.59 Å². The molecule has 6 nitrogen and oxygen atoms in total. The molecule has 8 heteroatoms. The Morgan fingerprint density at radius 3 is 1.44 bits per heavy atom. The van der Waals surface area contributed by atoms with Crippen molar-refractivity contribution >= 4 is 11.9 Å². The van der Waals surface area contributed by atoms with Crippen molar-refractivity contribution in [2.45, 2.75) is 12.2 Å². The molecule has 0 saturated heterocycles. The van der Waals surface area contributed by atoms with Gasteiger partial charge in [-0.25, -0.2) is 9.59 Å². The van der Waals surface area contributed by atoms with E-state index in [0.717, 1.165) is 12.2 Å². The number of aliphatic hydroxyl groups excluding tert-OH is 2. The minimum atomic E-state index is -1.01. The van der Waals surface area contributed by atoms with Gasteiger partial charge in [-0.15, -0.1) is 0 Å². The molecule has 2 N–H and O–H groups in total. The van der Waals surface area contributed by atoms with E-state index >= 15 is 0 Å². The van der Waals surface area contributed by atoms with Gasteiger partial charge in [0.15, 0.2) is 0 Å². The monoisotopic (exact) mass is 764 g/mol. The zero-order chi connectivity index (χ0) is 12.6. The second-order valence-electron chi connectivity index (χ2n) is 2.90. The number of rotatable bonds is 6. The average Bonchev–Trinajstić information content (AvgIpc) is 2.20. The molecule has 0 aliphatic rings. The maximum Gasteiger partial charge on any atom is 0.331 e. The standard InChI is InChI=1S/C10H14O6.2Rf/c1-7(11)5-15-9(13)3-4-10(14)16-6-8(2)12;;/h3-4,7-8,11-12H,1-2,5-6H2;;/q-2;;/b4-3+;;. The predicted octanol–water partition coefficient (Wildman–Crippen LogP) is -0.981. The number of aliphatic hydroxyl groups is 2. The van der Waals surface area contributed by atoms with E-state index in [1.165, 1.54) is 0 Å². The largest absolute Gasteiger partial charge is 0.463 e. The van der Waals surface area contributed by atoms with Gasteiger partial charge in [0, 0.05) is 12.2 Å². The Labute approximate surface area is 93.5 Å². The Hall–Kier alpha value is -3.40. The second kappa shape index (κ2) is 10.1. The van der Waals surface area contributed by atoms with Crippen molar-refractivity contribution in [3.63, 3.8) is 0 Å². The van der Waals surface area contributed by atoms with Crippen LogP contribution in [0.2, 0.25) is 0 Å². The van der Waals surface area contributed by atoms with Gasteiger partial charge in [-0.2, -0.15) is 0 Å². The number of hydrogen-bond acceptors (Lipinski definition) is 6. The van der Waals surface area contributed by atoms with E-state index < -0.39 is 24.1 Å². The summed E-state index contributed by atoms with van der Waals surface area (Å²) < 4.78 is 8.94. The Kier molecular flexibility index (Phi) is 11.3. The maximum absolute atomic E-state index is 10.9. The minimum Gasteiger partial charge on any atom is -0.463 e. The van der Waals surface area contributed by atoms with Gasteiger partial charge in [0.2, 0.25) is 0 Å².